The normalized spacial score (nSPS) is 10.8. The summed E-state index contributed by atoms with van der Waals surface area (Å²) in [5, 5.41) is 14.9. The summed E-state index contributed by atoms with van der Waals surface area (Å²) in [6.45, 7) is 3.79. The van der Waals surface area contributed by atoms with Gasteiger partial charge in [-0.25, -0.2) is 13.5 Å². The molecule has 2 aromatic carbocycles. The summed E-state index contributed by atoms with van der Waals surface area (Å²) in [5.41, 5.74) is 1.35. The Morgan fingerprint density at radius 2 is 1.71 bits per heavy atom. The number of methoxy groups -OCH3 is 1. The van der Waals surface area contributed by atoms with Crippen LogP contribution in [-0.2, 0) is 0 Å². The lowest BCUT2D eigenvalue weighted by molar-refractivity contribution is 0.102. The predicted molar refractivity (Wildman–Crippen MR) is 116 cm³/mol. The number of benzene rings is 2. The van der Waals surface area contributed by atoms with Gasteiger partial charge in [0, 0.05) is 17.4 Å². The van der Waals surface area contributed by atoms with E-state index in [1.807, 2.05) is 19.9 Å². The van der Waals surface area contributed by atoms with Crippen LogP contribution in [0.15, 0.2) is 48.5 Å². The summed E-state index contributed by atoms with van der Waals surface area (Å²) >= 11 is 0. The predicted octanol–water partition coefficient (Wildman–Crippen LogP) is 4.75. The lowest BCUT2D eigenvalue weighted by Crippen LogP contribution is -2.15. The van der Waals surface area contributed by atoms with E-state index in [1.54, 1.807) is 16.8 Å². The fourth-order valence-corrected chi connectivity index (χ4v) is 3.19. The third-order valence-electron chi connectivity index (χ3n) is 4.75. The largest absolute Gasteiger partial charge is 0.491 e. The van der Waals surface area contributed by atoms with Gasteiger partial charge in [0.05, 0.1) is 18.4 Å². The van der Waals surface area contributed by atoms with Crippen molar-refractivity contribution >= 4 is 11.6 Å². The highest BCUT2D eigenvalue weighted by atomic mass is 19.2. The Morgan fingerprint density at radius 1 is 0.971 bits per heavy atom. The number of carbonyl (C=O) groups excluding carboxylic acids is 1. The number of aryl methyl sites for hydroxylation is 2. The minimum atomic E-state index is -1.51. The van der Waals surface area contributed by atoms with Crippen molar-refractivity contribution < 1.29 is 27.4 Å². The van der Waals surface area contributed by atoms with Gasteiger partial charge in [-0.2, -0.15) is 9.49 Å². The first-order valence-electron chi connectivity index (χ1n) is 9.95. The molecule has 0 saturated heterocycles. The quantitative estimate of drug-likeness (QED) is 0.410. The topological polar surface area (TPSA) is 91.2 Å². The van der Waals surface area contributed by atoms with Gasteiger partial charge in [0.1, 0.15) is 5.75 Å². The maximum absolute atomic E-state index is 14.3. The van der Waals surface area contributed by atoms with Crippen molar-refractivity contribution in [1.82, 2.24) is 20.0 Å². The molecule has 0 aliphatic heterocycles. The van der Waals surface area contributed by atoms with Gasteiger partial charge in [-0.15, -0.1) is 10.2 Å². The molecule has 1 amide bonds. The number of anilines is 1. The van der Waals surface area contributed by atoms with E-state index in [9.17, 15) is 18.0 Å². The molecule has 0 atom stereocenters. The molecule has 0 bridgehead atoms. The second-order valence-electron chi connectivity index (χ2n) is 7.22. The molecule has 11 heteroatoms. The van der Waals surface area contributed by atoms with Crippen LogP contribution < -0.4 is 14.8 Å². The van der Waals surface area contributed by atoms with Crippen LogP contribution in [0.3, 0.4) is 0 Å². The molecule has 4 rings (SSSR count). The van der Waals surface area contributed by atoms with Crippen molar-refractivity contribution in [3.8, 4) is 23.2 Å². The molecule has 8 nitrogen and oxygen atoms in total. The third kappa shape index (κ3) is 4.53. The Balaban J connectivity index is 1.44. The Bertz CT molecular complexity index is 1360. The lowest BCUT2D eigenvalue weighted by Gasteiger charge is -2.11. The summed E-state index contributed by atoms with van der Waals surface area (Å²) < 4.78 is 53.4. The van der Waals surface area contributed by atoms with E-state index in [0.29, 0.717) is 17.6 Å². The molecule has 1 N–H and O–H groups in total. The first kappa shape index (κ1) is 22.8. The third-order valence-corrected chi connectivity index (χ3v) is 4.75. The average Bonchev–Trinajstić information content (AvgIpc) is 3.16. The fourth-order valence-electron chi connectivity index (χ4n) is 3.19. The molecule has 4 aromatic rings. The Labute approximate surface area is 192 Å². The van der Waals surface area contributed by atoms with Crippen LogP contribution in [-0.4, -0.2) is 33.0 Å². The maximum atomic E-state index is 14.3. The molecule has 0 spiro atoms. The van der Waals surface area contributed by atoms with Gasteiger partial charge in [-0.3, -0.25) is 4.79 Å². The van der Waals surface area contributed by atoms with Crippen LogP contribution in [0.4, 0.5) is 18.9 Å². The summed E-state index contributed by atoms with van der Waals surface area (Å²) in [6, 6.07) is 11.8. The zero-order chi connectivity index (χ0) is 24.4. The molecule has 0 fully saturated rings. The van der Waals surface area contributed by atoms with E-state index in [2.05, 4.69) is 25.3 Å². The number of halogens is 3. The van der Waals surface area contributed by atoms with E-state index in [-0.39, 0.29) is 11.6 Å². The second kappa shape index (κ2) is 9.22. The van der Waals surface area contributed by atoms with Crippen LogP contribution in [0.25, 0.3) is 5.82 Å². The molecule has 34 heavy (non-hydrogen) atoms. The van der Waals surface area contributed by atoms with Crippen LogP contribution in [0, 0.1) is 31.3 Å². The van der Waals surface area contributed by atoms with E-state index in [4.69, 9.17) is 4.74 Å². The number of ether oxygens (including phenoxy) is 2. The summed E-state index contributed by atoms with van der Waals surface area (Å²) in [7, 11) is 0.971. The van der Waals surface area contributed by atoms with Crippen molar-refractivity contribution in [3.05, 3.63) is 82.9 Å². The molecule has 2 aromatic heterocycles. The number of hydrogen-bond donors (Lipinski definition) is 1. The fraction of sp³-hybridized carbons (Fsp3) is 0.130. The Morgan fingerprint density at radius 3 is 2.29 bits per heavy atom. The smallest absolute Gasteiger partial charge is 0.258 e. The van der Waals surface area contributed by atoms with Crippen molar-refractivity contribution in [1.29, 1.82) is 0 Å². The van der Waals surface area contributed by atoms with Gasteiger partial charge in [0.25, 0.3) is 5.91 Å². The molecular weight excluding hydrogens is 451 g/mol. The molecule has 2 heterocycles. The van der Waals surface area contributed by atoms with Crippen molar-refractivity contribution in [2.24, 2.45) is 0 Å². The summed E-state index contributed by atoms with van der Waals surface area (Å²) in [6.07, 6.45) is 0. The minimum absolute atomic E-state index is 0.234. The summed E-state index contributed by atoms with van der Waals surface area (Å²) in [4.78, 5) is 12.4. The van der Waals surface area contributed by atoms with Gasteiger partial charge in [-0.1, -0.05) is 0 Å². The van der Waals surface area contributed by atoms with Gasteiger partial charge in [0.2, 0.25) is 11.7 Å². The zero-order valence-corrected chi connectivity index (χ0v) is 18.3. The van der Waals surface area contributed by atoms with Crippen LogP contribution in [0.1, 0.15) is 21.7 Å². The van der Waals surface area contributed by atoms with Crippen LogP contribution >= 0.6 is 0 Å². The number of nitrogens with one attached hydrogen (secondary N) is 1. The van der Waals surface area contributed by atoms with E-state index in [1.165, 1.54) is 24.3 Å². The van der Waals surface area contributed by atoms with Gasteiger partial charge in [-0.05, 0) is 56.3 Å². The highest BCUT2D eigenvalue weighted by molar-refractivity contribution is 6.04. The van der Waals surface area contributed by atoms with Crippen molar-refractivity contribution in [2.45, 2.75) is 13.8 Å². The highest BCUT2D eigenvalue weighted by Crippen LogP contribution is 2.28. The number of carbonyl (C=O) groups is 1. The average molecular weight is 469 g/mol. The van der Waals surface area contributed by atoms with Crippen LogP contribution in [0.5, 0.6) is 17.4 Å². The Kier molecular flexibility index (Phi) is 6.17. The number of nitrogens with zero attached hydrogens (tertiary/aromatic N) is 4. The molecule has 0 saturated carbocycles. The molecule has 0 unspecified atom stereocenters. The molecule has 174 valence electrons. The monoisotopic (exact) mass is 469 g/mol. The first-order chi connectivity index (χ1) is 16.3. The van der Waals surface area contributed by atoms with Gasteiger partial charge < -0.3 is 14.8 Å². The second-order valence-corrected chi connectivity index (χ2v) is 7.22. The summed E-state index contributed by atoms with van der Waals surface area (Å²) in [5.74, 6) is -5.00. The van der Waals surface area contributed by atoms with Crippen LogP contribution in [0.2, 0.25) is 0 Å². The van der Waals surface area contributed by atoms with Gasteiger partial charge in [0.15, 0.2) is 23.2 Å². The highest BCUT2D eigenvalue weighted by Gasteiger charge is 2.23. The van der Waals surface area contributed by atoms with E-state index >= 15 is 0 Å². The Hall–Kier alpha value is -4.41. The number of amides is 1. The standard InChI is InChI=1S/C23H18F3N5O3/c1-12-10-13(2)31(30-12)18-8-9-19(29-28-18)34-15-6-4-14(5-7-15)27-23(32)16-11-17(24)21(26)22(33-3)20(16)25/h4-11H,1-3H3,(H,27,32). The number of aromatic nitrogens is 4. The van der Waals surface area contributed by atoms with Gasteiger partial charge >= 0.3 is 0 Å². The first-order valence-corrected chi connectivity index (χ1v) is 9.95. The SMILES string of the molecule is COc1c(F)c(F)cc(C(=O)Nc2ccc(Oc3ccc(-n4nc(C)cc4C)nn3)cc2)c1F. The molecule has 0 radical (unpaired) electrons. The molecule has 0 aliphatic rings. The minimum Gasteiger partial charge on any atom is -0.491 e. The van der Waals surface area contributed by atoms with E-state index < -0.39 is 34.7 Å². The number of hydrogen-bond acceptors (Lipinski definition) is 6. The van der Waals surface area contributed by atoms with Crippen molar-refractivity contribution in [3.63, 3.8) is 0 Å². The molecule has 0 aliphatic carbocycles. The lowest BCUT2D eigenvalue weighted by atomic mass is 10.1. The molecular formula is C23H18F3N5O3. The van der Waals surface area contributed by atoms with Crippen molar-refractivity contribution in [2.75, 3.05) is 12.4 Å². The maximum Gasteiger partial charge on any atom is 0.258 e. The van der Waals surface area contributed by atoms with E-state index in [0.717, 1.165) is 18.5 Å². The zero-order valence-electron chi connectivity index (χ0n) is 18.3. The number of rotatable bonds is 6.